The van der Waals surface area contributed by atoms with Gasteiger partial charge in [-0.15, -0.1) is 11.3 Å². The van der Waals surface area contributed by atoms with Crippen LogP contribution in [0.1, 0.15) is 44.4 Å². The van der Waals surface area contributed by atoms with E-state index >= 15 is 0 Å². The van der Waals surface area contributed by atoms with Crippen LogP contribution < -0.4 is 5.32 Å². The molecule has 0 spiro atoms. The first-order valence-corrected chi connectivity index (χ1v) is 9.81. The third-order valence-corrected chi connectivity index (χ3v) is 6.06. The zero-order chi connectivity index (χ0) is 19.3. The number of aromatic nitrogens is 2. The van der Waals surface area contributed by atoms with E-state index in [-0.39, 0.29) is 18.1 Å². The predicted octanol–water partition coefficient (Wildman–Crippen LogP) is 4.82. The molecule has 1 aliphatic rings. The van der Waals surface area contributed by atoms with Gasteiger partial charge in [0.15, 0.2) is 5.78 Å². The summed E-state index contributed by atoms with van der Waals surface area (Å²) in [7, 11) is 0. The van der Waals surface area contributed by atoms with Gasteiger partial charge < -0.3 is 5.32 Å². The molecule has 1 N–H and O–H groups in total. The van der Waals surface area contributed by atoms with Gasteiger partial charge in [-0.25, -0.2) is 4.68 Å². The van der Waals surface area contributed by atoms with Crippen LogP contribution in [0.2, 0.25) is 4.34 Å². The number of fused-ring (bicyclic) bond motifs is 1. The van der Waals surface area contributed by atoms with Gasteiger partial charge in [0.25, 0.3) is 0 Å². The van der Waals surface area contributed by atoms with Crippen molar-refractivity contribution in [1.82, 2.24) is 9.78 Å². The van der Waals surface area contributed by atoms with Gasteiger partial charge in [-0.1, -0.05) is 29.3 Å². The van der Waals surface area contributed by atoms with Crippen molar-refractivity contribution < 1.29 is 9.59 Å². The van der Waals surface area contributed by atoms with Gasteiger partial charge in [0, 0.05) is 12.0 Å². The van der Waals surface area contributed by atoms with E-state index in [4.69, 9.17) is 11.6 Å². The maximum absolute atomic E-state index is 13.1. The quantitative estimate of drug-likeness (QED) is 0.642. The van der Waals surface area contributed by atoms with Gasteiger partial charge in [-0.2, -0.15) is 5.10 Å². The Balaban J connectivity index is 1.85. The number of nitrogens with one attached hydrogen (secondary N) is 1. The lowest BCUT2D eigenvalue weighted by atomic mass is 9.87. The topological polar surface area (TPSA) is 64.0 Å². The van der Waals surface area contributed by atoms with Crippen LogP contribution in [0.3, 0.4) is 0 Å². The first-order valence-electron chi connectivity index (χ1n) is 8.61. The first-order chi connectivity index (χ1) is 12.8. The second-order valence-electron chi connectivity index (χ2n) is 6.82. The van der Waals surface area contributed by atoms with Crippen LogP contribution >= 0.6 is 22.9 Å². The summed E-state index contributed by atoms with van der Waals surface area (Å²) in [6.07, 6.45) is 0.112. The fourth-order valence-electron chi connectivity index (χ4n) is 3.61. The molecule has 3 aromatic rings. The van der Waals surface area contributed by atoms with Crippen molar-refractivity contribution in [2.24, 2.45) is 0 Å². The highest BCUT2D eigenvalue weighted by Gasteiger charge is 2.36. The van der Waals surface area contributed by atoms with Crippen LogP contribution in [0.25, 0.3) is 5.69 Å². The van der Waals surface area contributed by atoms with Crippen molar-refractivity contribution in [1.29, 1.82) is 0 Å². The van der Waals surface area contributed by atoms with E-state index in [2.05, 4.69) is 16.5 Å². The molecule has 138 valence electrons. The maximum Gasteiger partial charge on any atom is 0.226 e. The van der Waals surface area contributed by atoms with Crippen molar-refractivity contribution in [3.63, 3.8) is 0 Å². The standard InChI is InChI=1S/C20H18ClN3O2S/c1-10-4-5-14(11(2)8-10)24-20-18(12(3)23-24)13(9-17(25)22-20)19(26)15-6-7-16(21)27-15/h4-8,13H,9H2,1-3H3,(H,22,25)/t13-/m0/s1. The number of anilines is 1. The molecule has 2 aromatic heterocycles. The molecular weight excluding hydrogens is 382 g/mol. The summed E-state index contributed by atoms with van der Waals surface area (Å²) in [6, 6.07) is 9.47. The molecule has 1 aliphatic heterocycles. The lowest BCUT2D eigenvalue weighted by Gasteiger charge is -2.23. The summed E-state index contributed by atoms with van der Waals surface area (Å²) in [6.45, 7) is 5.91. The summed E-state index contributed by atoms with van der Waals surface area (Å²) in [5.74, 6) is -0.250. The molecule has 0 saturated carbocycles. The molecule has 3 heterocycles. The minimum atomic E-state index is -0.553. The second-order valence-corrected chi connectivity index (χ2v) is 8.54. The molecule has 1 aromatic carbocycles. The van der Waals surface area contributed by atoms with Crippen LogP contribution in [0.15, 0.2) is 30.3 Å². The van der Waals surface area contributed by atoms with Crippen molar-refractivity contribution in [2.75, 3.05) is 5.32 Å². The number of rotatable bonds is 3. The highest BCUT2D eigenvalue weighted by molar-refractivity contribution is 7.18. The zero-order valence-electron chi connectivity index (χ0n) is 15.2. The van der Waals surface area contributed by atoms with Crippen LogP contribution in [0.5, 0.6) is 0 Å². The number of ketones is 1. The highest BCUT2D eigenvalue weighted by atomic mass is 35.5. The van der Waals surface area contributed by atoms with Crippen molar-refractivity contribution >= 4 is 40.4 Å². The van der Waals surface area contributed by atoms with Crippen LogP contribution in [-0.2, 0) is 4.79 Å². The fourth-order valence-corrected chi connectivity index (χ4v) is 4.64. The molecule has 0 unspecified atom stereocenters. The van der Waals surface area contributed by atoms with E-state index in [0.717, 1.165) is 28.1 Å². The lowest BCUT2D eigenvalue weighted by Crippen LogP contribution is -2.28. The number of thiophene rings is 1. The number of aryl methyl sites for hydroxylation is 3. The minimum absolute atomic E-state index is 0.0914. The summed E-state index contributed by atoms with van der Waals surface area (Å²) in [5.41, 5.74) is 4.61. The zero-order valence-corrected chi connectivity index (χ0v) is 16.7. The van der Waals surface area contributed by atoms with E-state index in [9.17, 15) is 9.59 Å². The second kappa shape index (κ2) is 6.62. The predicted molar refractivity (Wildman–Crippen MR) is 107 cm³/mol. The average Bonchev–Trinajstić information content (AvgIpc) is 3.17. The number of nitrogens with zero attached hydrogens (tertiary/aromatic N) is 2. The average molecular weight is 400 g/mol. The molecule has 5 nitrogen and oxygen atoms in total. The van der Waals surface area contributed by atoms with Crippen molar-refractivity contribution in [3.05, 3.63) is 61.9 Å². The Morgan fingerprint density at radius 3 is 2.70 bits per heavy atom. The maximum atomic E-state index is 13.1. The molecule has 0 bridgehead atoms. The smallest absolute Gasteiger partial charge is 0.226 e. The van der Waals surface area contributed by atoms with Crippen LogP contribution in [0.4, 0.5) is 5.82 Å². The number of halogens is 1. The Hall–Kier alpha value is -2.44. The van der Waals surface area contributed by atoms with E-state index in [1.54, 1.807) is 16.8 Å². The lowest BCUT2D eigenvalue weighted by molar-refractivity contribution is -0.116. The van der Waals surface area contributed by atoms with Crippen LogP contribution in [-0.4, -0.2) is 21.5 Å². The van der Waals surface area contributed by atoms with E-state index < -0.39 is 5.92 Å². The largest absolute Gasteiger partial charge is 0.310 e. The molecule has 1 amide bonds. The number of hydrogen-bond donors (Lipinski definition) is 1. The third kappa shape index (κ3) is 3.09. The number of carbonyl (C=O) groups excluding carboxylic acids is 2. The van der Waals surface area contributed by atoms with Gasteiger partial charge >= 0.3 is 0 Å². The van der Waals surface area contributed by atoms with Gasteiger partial charge in [-0.05, 0) is 44.5 Å². The molecular formula is C20H18ClN3O2S. The molecule has 1 atom stereocenters. The Morgan fingerprint density at radius 2 is 2.04 bits per heavy atom. The van der Waals surface area contributed by atoms with Gasteiger partial charge in [0.2, 0.25) is 5.91 Å². The minimum Gasteiger partial charge on any atom is -0.310 e. The number of carbonyl (C=O) groups is 2. The van der Waals surface area contributed by atoms with E-state index in [1.165, 1.54) is 11.3 Å². The molecule has 0 saturated heterocycles. The third-order valence-electron chi connectivity index (χ3n) is 4.82. The summed E-state index contributed by atoms with van der Waals surface area (Å²) in [4.78, 5) is 26.0. The Labute approximate surface area is 166 Å². The Bertz CT molecular complexity index is 1080. The SMILES string of the molecule is Cc1ccc(-n2nc(C)c3c2NC(=O)C[C@@H]3C(=O)c2ccc(Cl)s2)c(C)c1. The van der Waals surface area contributed by atoms with Gasteiger partial charge in [-0.3, -0.25) is 9.59 Å². The molecule has 0 fully saturated rings. The van der Waals surface area contributed by atoms with Gasteiger partial charge in [0.05, 0.1) is 26.5 Å². The molecule has 27 heavy (non-hydrogen) atoms. The first kappa shape index (κ1) is 17.9. The van der Waals surface area contributed by atoms with E-state index in [0.29, 0.717) is 15.0 Å². The Kier molecular flexibility index (Phi) is 4.40. The number of benzene rings is 1. The van der Waals surface area contributed by atoms with E-state index in [1.807, 2.05) is 32.9 Å². The Morgan fingerprint density at radius 1 is 1.26 bits per heavy atom. The van der Waals surface area contributed by atoms with Crippen molar-refractivity contribution in [3.8, 4) is 5.69 Å². The summed E-state index contributed by atoms with van der Waals surface area (Å²) >= 11 is 7.22. The molecule has 4 rings (SSSR count). The number of hydrogen-bond acceptors (Lipinski definition) is 4. The normalized spacial score (nSPS) is 16.1. The monoisotopic (exact) mass is 399 g/mol. The highest BCUT2D eigenvalue weighted by Crippen LogP contribution is 2.39. The van der Waals surface area contributed by atoms with Gasteiger partial charge in [0.1, 0.15) is 5.82 Å². The number of Topliss-reactive ketones (excluding diaryl/α,β-unsaturated/α-hetero) is 1. The van der Waals surface area contributed by atoms with Crippen molar-refractivity contribution in [2.45, 2.75) is 33.1 Å². The molecule has 7 heteroatoms. The fraction of sp³-hybridized carbons (Fsp3) is 0.250. The summed E-state index contributed by atoms with van der Waals surface area (Å²) < 4.78 is 2.29. The molecule has 0 radical (unpaired) electrons. The number of amides is 1. The van der Waals surface area contributed by atoms with Crippen LogP contribution in [0, 0.1) is 20.8 Å². The summed E-state index contributed by atoms with van der Waals surface area (Å²) in [5, 5.41) is 7.56. The molecule has 0 aliphatic carbocycles.